The maximum Gasteiger partial charge on any atom is 0.192 e. The molecule has 0 bridgehead atoms. The van der Waals surface area contributed by atoms with Gasteiger partial charge in [0, 0.05) is 23.8 Å². The standard InChI is InChI=1S/C14H17N3S/c1-3-15-10-12-6-4-5-7-13(12)18-14-16-8-11(2)9-17-14/h4-9,15H,3,10H2,1-2H3. The van der Waals surface area contributed by atoms with Gasteiger partial charge in [0.1, 0.15) is 0 Å². The van der Waals surface area contributed by atoms with Gasteiger partial charge < -0.3 is 5.32 Å². The van der Waals surface area contributed by atoms with Crippen LogP contribution in [0, 0.1) is 6.92 Å². The van der Waals surface area contributed by atoms with Gasteiger partial charge in [-0.1, -0.05) is 25.1 Å². The maximum atomic E-state index is 4.33. The van der Waals surface area contributed by atoms with Crippen molar-refractivity contribution in [2.45, 2.75) is 30.4 Å². The second kappa shape index (κ2) is 6.52. The van der Waals surface area contributed by atoms with Gasteiger partial charge in [-0.3, -0.25) is 0 Å². The van der Waals surface area contributed by atoms with Crippen LogP contribution in [0.25, 0.3) is 0 Å². The molecule has 1 aromatic heterocycles. The van der Waals surface area contributed by atoms with Crippen LogP contribution in [0.15, 0.2) is 46.7 Å². The van der Waals surface area contributed by atoms with Crippen LogP contribution in [0.2, 0.25) is 0 Å². The summed E-state index contributed by atoms with van der Waals surface area (Å²) < 4.78 is 0. The van der Waals surface area contributed by atoms with E-state index in [9.17, 15) is 0 Å². The zero-order valence-electron chi connectivity index (χ0n) is 10.7. The average molecular weight is 259 g/mol. The highest BCUT2D eigenvalue weighted by atomic mass is 32.2. The van der Waals surface area contributed by atoms with Crippen LogP contribution >= 0.6 is 11.8 Å². The molecule has 3 nitrogen and oxygen atoms in total. The van der Waals surface area contributed by atoms with E-state index in [0.29, 0.717) is 0 Å². The number of aromatic nitrogens is 2. The third kappa shape index (κ3) is 3.55. The molecule has 0 radical (unpaired) electrons. The number of aryl methyl sites for hydroxylation is 1. The SMILES string of the molecule is CCNCc1ccccc1Sc1ncc(C)cn1. The van der Waals surface area contributed by atoms with Gasteiger partial charge in [0.15, 0.2) is 5.16 Å². The van der Waals surface area contributed by atoms with Crippen molar-refractivity contribution in [2.24, 2.45) is 0 Å². The van der Waals surface area contributed by atoms with E-state index >= 15 is 0 Å². The van der Waals surface area contributed by atoms with Gasteiger partial charge in [0.05, 0.1) is 0 Å². The summed E-state index contributed by atoms with van der Waals surface area (Å²) in [6.07, 6.45) is 3.70. The molecule has 0 saturated heterocycles. The van der Waals surface area contributed by atoms with E-state index in [0.717, 1.165) is 23.8 Å². The third-order valence-electron chi connectivity index (χ3n) is 2.50. The quantitative estimate of drug-likeness (QED) is 0.838. The fourth-order valence-corrected chi connectivity index (χ4v) is 2.37. The molecular weight excluding hydrogens is 242 g/mol. The Morgan fingerprint density at radius 2 is 1.89 bits per heavy atom. The zero-order chi connectivity index (χ0) is 12.8. The molecule has 1 N–H and O–H groups in total. The smallest absolute Gasteiger partial charge is 0.192 e. The van der Waals surface area contributed by atoms with Crippen LogP contribution in [-0.4, -0.2) is 16.5 Å². The van der Waals surface area contributed by atoms with Gasteiger partial charge in [-0.15, -0.1) is 0 Å². The summed E-state index contributed by atoms with van der Waals surface area (Å²) in [6, 6.07) is 8.36. The number of hydrogen-bond acceptors (Lipinski definition) is 4. The van der Waals surface area contributed by atoms with Crippen LogP contribution in [0.1, 0.15) is 18.1 Å². The maximum absolute atomic E-state index is 4.33. The highest BCUT2D eigenvalue weighted by Gasteiger charge is 2.05. The lowest BCUT2D eigenvalue weighted by Crippen LogP contribution is -2.12. The molecule has 18 heavy (non-hydrogen) atoms. The minimum absolute atomic E-state index is 0.796. The Morgan fingerprint density at radius 1 is 1.17 bits per heavy atom. The summed E-state index contributed by atoms with van der Waals surface area (Å²) in [5.74, 6) is 0. The van der Waals surface area contributed by atoms with E-state index in [1.165, 1.54) is 10.5 Å². The van der Waals surface area contributed by atoms with Crippen molar-refractivity contribution >= 4 is 11.8 Å². The van der Waals surface area contributed by atoms with Gasteiger partial charge in [0.25, 0.3) is 0 Å². The predicted octanol–water partition coefficient (Wildman–Crippen LogP) is 3.05. The van der Waals surface area contributed by atoms with Crippen molar-refractivity contribution in [3.05, 3.63) is 47.8 Å². The van der Waals surface area contributed by atoms with Crippen molar-refractivity contribution in [2.75, 3.05) is 6.54 Å². The Kier molecular flexibility index (Phi) is 4.73. The van der Waals surface area contributed by atoms with Gasteiger partial charge in [0.2, 0.25) is 0 Å². The van der Waals surface area contributed by atoms with Crippen LogP contribution in [-0.2, 0) is 6.54 Å². The fraction of sp³-hybridized carbons (Fsp3) is 0.286. The van der Waals surface area contributed by atoms with Crippen molar-refractivity contribution in [3.8, 4) is 0 Å². The Bertz CT molecular complexity index is 497. The molecule has 1 heterocycles. The van der Waals surface area contributed by atoms with Gasteiger partial charge in [-0.05, 0) is 42.4 Å². The topological polar surface area (TPSA) is 37.8 Å². The van der Waals surface area contributed by atoms with E-state index in [1.807, 2.05) is 25.4 Å². The van der Waals surface area contributed by atoms with Crippen molar-refractivity contribution in [1.29, 1.82) is 0 Å². The molecule has 0 unspecified atom stereocenters. The Labute approximate surface area is 112 Å². The molecule has 1 aromatic carbocycles. The lowest BCUT2D eigenvalue weighted by atomic mass is 10.2. The highest BCUT2D eigenvalue weighted by Crippen LogP contribution is 2.27. The highest BCUT2D eigenvalue weighted by molar-refractivity contribution is 7.99. The minimum atomic E-state index is 0.796. The van der Waals surface area contributed by atoms with E-state index in [4.69, 9.17) is 0 Å². The van der Waals surface area contributed by atoms with Gasteiger partial charge >= 0.3 is 0 Å². The third-order valence-corrected chi connectivity index (χ3v) is 3.51. The molecule has 0 fully saturated rings. The van der Waals surface area contributed by atoms with Crippen LogP contribution in [0.5, 0.6) is 0 Å². The summed E-state index contributed by atoms with van der Waals surface area (Å²) in [7, 11) is 0. The normalized spacial score (nSPS) is 10.6. The number of hydrogen-bond donors (Lipinski definition) is 1. The van der Waals surface area contributed by atoms with Crippen LogP contribution in [0.3, 0.4) is 0 Å². The molecule has 0 atom stereocenters. The van der Waals surface area contributed by atoms with E-state index < -0.39 is 0 Å². The second-order valence-corrected chi connectivity index (χ2v) is 5.04. The number of nitrogens with one attached hydrogen (secondary N) is 1. The second-order valence-electron chi connectivity index (χ2n) is 4.03. The first-order chi connectivity index (χ1) is 8.79. The molecule has 4 heteroatoms. The van der Waals surface area contributed by atoms with E-state index in [-0.39, 0.29) is 0 Å². The molecule has 2 aromatic rings. The minimum Gasteiger partial charge on any atom is -0.313 e. The van der Waals surface area contributed by atoms with Crippen molar-refractivity contribution in [1.82, 2.24) is 15.3 Å². The molecular formula is C14H17N3S. The fourth-order valence-electron chi connectivity index (χ4n) is 1.54. The van der Waals surface area contributed by atoms with E-state index in [2.05, 4.69) is 40.4 Å². The molecule has 0 amide bonds. The first-order valence-corrected chi connectivity index (χ1v) is 6.86. The predicted molar refractivity (Wildman–Crippen MR) is 74.7 cm³/mol. The summed E-state index contributed by atoms with van der Waals surface area (Å²) in [6.45, 7) is 5.96. The average Bonchev–Trinajstić information content (AvgIpc) is 2.40. The monoisotopic (exact) mass is 259 g/mol. The molecule has 0 spiro atoms. The summed E-state index contributed by atoms with van der Waals surface area (Å²) in [4.78, 5) is 9.86. The van der Waals surface area contributed by atoms with Gasteiger partial charge in [-0.2, -0.15) is 0 Å². The van der Waals surface area contributed by atoms with Crippen LogP contribution < -0.4 is 5.32 Å². The number of nitrogens with zero attached hydrogens (tertiary/aromatic N) is 2. The lowest BCUT2D eigenvalue weighted by molar-refractivity contribution is 0.718. The molecule has 0 saturated carbocycles. The zero-order valence-corrected chi connectivity index (χ0v) is 11.5. The molecule has 94 valence electrons. The van der Waals surface area contributed by atoms with Crippen LogP contribution in [0.4, 0.5) is 0 Å². The Morgan fingerprint density at radius 3 is 2.61 bits per heavy atom. The Hall–Kier alpha value is -1.39. The summed E-state index contributed by atoms with van der Waals surface area (Å²) in [5, 5.41) is 4.14. The largest absolute Gasteiger partial charge is 0.313 e. The first kappa shape index (κ1) is 13.1. The summed E-state index contributed by atoms with van der Waals surface area (Å²) in [5.41, 5.74) is 2.37. The number of benzene rings is 1. The van der Waals surface area contributed by atoms with Crippen molar-refractivity contribution < 1.29 is 0 Å². The molecule has 0 aliphatic carbocycles. The molecule has 2 rings (SSSR count). The molecule has 0 aliphatic heterocycles. The first-order valence-electron chi connectivity index (χ1n) is 6.04. The van der Waals surface area contributed by atoms with Crippen molar-refractivity contribution in [3.63, 3.8) is 0 Å². The molecule has 0 aliphatic rings. The lowest BCUT2D eigenvalue weighted by Gasteiger charge is -2.08. The Balaban J connectivity index is 2.15. The van der Waals surface area contributed by atoms with Gasteiger partial charge in [-0.25, -0.2) is 9.97 Å². The number of rotatable bonds is 5. The van der Waals surface area contributed by atoms with E-state index in [1.54, 1.807) is 11.8 Å². The summed E-state index contributed by atoms with van der Waals surface area (Å²) >= 11 is 1.61.